The minimum Gasteiger partial charge on any atom is -0.355 e. The Morgan fingerprint density at radius 3 is 2.17 bits per heavy atom. The Morgan fingerprint density at radius 2 is 1.56 bits per heavy atom. The topological polar surface area (TPSA) is 130 Å². The van der Waals surface area contributed by atoms with Crippen molar-refractivity contribution in [3.63, 3.8) is 0 Å². The van der Waals surface area contributed by atoms with Gasteiger partial charge in [-0.25, -0.2) is 21.6 Å². The molecule has 4 atom stereocenters. The molecule has 3 aliphatic rings. The zero-order valence-corrected chi connectivity index (χ0v) is 23.0. The van der Waals surface area contributed by atoms with Gasteiger partial charge < -0.3 is 11.1 Å². The molecule has 41 heavy (non-hydrogen) atoms. The number of amides is 3. The number of carbonyl (C=O) groups excluding carboxylic acids is 3. The number of benzene rings is 2. The van der Waals surface area contributed by atoms with Crippen LogP contribution in [0.5, 0.6) is 0 Å². The number of nitrogens with zero attached hydrogens (tertiary/aromatic N) is 2. The van der Waals surface area contributed by atoms with Crippen LogP contribution in [-0.2, 0) is 21.2 Å². The first-order chi connectivity index (χ1) is 19.5. The molecule has 5 rings (SSSR count). The zero-order chi connectivity index (χ0) is 29.5. The van der Waals surface area contributed by atoms with Crippen LogP contribution in [0, 0.1) is 23.4 Å². The number of nitrogens with one attached hydrogen (secondary N) is 1. The van der Waals surface area contributed by atoms with Crippen molar-refractivity contribution >= 4 is 27.7 Å². The minimum atomic E-state index is -3.72. The number of fused-ring (bicyclic) bond motifs is 3. The summed E-state index contributed by atoms with van der Waals surface area (Å²) in [5, 5.41) is 2.56. The van der Waals surface area contributed by atoms with Crippen LogP contribution in [0.25, 0.3) is 0 Å². The van der Waals surface area contributed by atoms with E-state index in [1.807, 2.05) is 0 Å². The van der Waals surface area contributed by atoms with Crippen LogP contribution in [0.4, 0.5) is 13.2 Å². The highest BCUT2D eigenvalue weighted by molar-refractivity contribution is 7.89. The largest absolute Gasteiger partial charge is 0.355 e. The predicted molar refractivity (Wildman–Crippen MR) is 143 cm³/mol. The van der Waals surface area contributed by atoms with E-state index < -0.39 is 51.2 Å². The highest BCUT2D eigenvalue weighted by atomic mass is 32.2. The van der Waals surface area contributed by atoms with E-state index in [0.29, 0.717) is 42.9 Å². The van der Waals surface area contributed by atoms with Gasteiger partial charge in [0.2, 0.25) is 15.9 Å². The molecule has 2 aromatic carbocycles. The van der Waals surface area contributed by atoms with E-state index in [-0.39, 0.29) is 55.2 Å². The molecule has 0 spiro atoms. The van der Waals surface area contributed by atoms with Crippen LogP contribution < -0.4 is 11.1 Å². The number of imide groups is 1. The summed E-state index contributed by atoms with van der Waals surface area (Å²) < 4.78 is 68.9. The van der Waals surface area contributed by atoms with Crippen molar-refractivity contribution in [2.75, 3.05) is 18.8 Å². The number of carbonyl (C=O) groups is 3. The maximum absolute atomic E-state index is 14.1. The molecule has 9 nitrogen and oxygen atoms in total. The van der Waals surface area contributed by atoms with E-state index in [1.165, 1.54) is 4.31 Å². The average molecular weight is 593 g/mol. The van der Waals surface area contributed by atoms with Gasteiger partial charge in [-0.3, -0.25) is 19.3 Å². The smallest absolute Gasteiger partial charge is 0.261 e. The first kappa shape index (κ1) is 29.2. The van der Waals surface area contributed by atoms with Crippen LogP contribution in [0.1, 0.15) is 58.4 Å². The van der Waals surface area contributed by atoms with Crippen molar-refractivity contribution < 1.29 is 36.0 Å². The van der Waals surface area contributed by atoms with Gasteiger partial charge in [0.15, 0.2) is 11.6 Å². The van der Waals surface area contributed by atoms with Gasteiger partial charge in [-0.1, -0.05) is 12.1 Å². The summed E-state index contributed by atoms with van der Waals surface area (Å²) in [4.78, 5) is 38.3. The van der Waals surface area contributed by atoms with E-state index >= 15 is 0 Å². The normalized spacial score (nSPS) is 23.1. The summed E-state index contributed by atoms with van der Waals surface area (Å²) >= 11 is 0. The van der Waals surface area contributed by atoms with Crippen molar-refractivity contribution in [1.29, 1.82) is 0 Å². The SMILES string of the molecule is N[C@H](Cc1cc(F)c(F)cc1F)C1C[C@H]2CC[C@@H](C1)N2S(=O)(=O)CCNC(=O)CCN1C(=O)c2ccccc2C1=O. The number of piperidine rings is 1. The molecule has 2 aromatic rings. The lowest BCUT2D eigenvalue weighted by molar-refractivity contribution is -0.121. The Labute approximate surface area is 235 Å². The van der Waals surface area contributed by atoms with Gasteiger partial charge in [0.1, 0.15) is 5.82 Å². The molecule has 1 unspecified atom stereocenters. The molecule has 13 heteroatoms. The number of sulfonamides is 1. The summed E-state index contributed by atoms with van der Waals surface area (Å²) in [7, 11) is -3.72. The second-order valence-electron chi connectivity index (χ2n) is 10.9. The zero-order valence-electron chi connectivity index (χ0n) is 22.2. The molecule has 3 amide bonds. The predicted octanol–water partition coefficient (Wildman–Crippen LogP) is 2.35. The second-order valence-corrected chi connectivity index (χ2v) is 12.9. The fraction of sp³-hybridized carbons (Fsp3) is 0.464. The second kappa shape index (κ2) is 11.5. The van der Waals surface area contributed by atoms with E-state index in [4.69, 9.17) is 5.73 Å². The number of halogens is 3. The maximum atomic E-state index is 14.1. The quantitative estimate of drug-likeness (QED) is 0.322. The molecule has 2 fully saturated rings. The Balaban J connectivity index is 1.10. The third-order valence-electron chi connectivity index (χ3n) is 8.30. The highest BCUT2D eigenvalue weighted by Crippen LogP contribution is 2.42. The van der Waals surface area contributed by atoms with Gasteiger partial charge in [0.25, 0.3) is 11.8 Å². The molecule has 0 aliphatic carbocycles. The molecule has 0 saturated carbocycles. The van der Waals surface area contributed by atoms with Crippen LogP contribution in [0.3, 0.4) is 0 Å². The summed E-state index contributed by atoms with van der Waals surface area (Å²) in [6.07, 6.45) is 2.09. The molecule has 0 radical (unpaired) electrons. The summed E-state index contributed by atoms with van der Waals surface area (Å²) in [6, 6.07) is 6.61. The lowest BCUT2D eigenvalue weighted by Crippen LogP contribution is -2.51. The highest BCUT2D eigenvalue weighted by Gasteiger charge is 2.47. The van der Waals surface area contributed by atoms with Crippen molar-refractivity contribution in [3.8, 4) is 0 Å². The van der Waals surface area contributed by atoms with Crippen molar-refractivity contribution in [2.24, 2.45) is 11.7 Å². The third kappa shape index (κ3) is 5.88. The fourth-order valence-electron chi connectivity index (χ4n) is 6.29. The van der Waals surface area contributed by atoms with Gasteiger partial charge in [-0.15, -0.1) is 0 Å². The molecule has 220 valence electrons. The maximum Gasteiger partial charge on any atom is 0.261 e. The lowest BCUT2D eigenvalue weighted by atomic mass is 9.83. The fourth-order valence-corrected chi connectivity index (χ4v) is 8.15. The van der Waals surface area contributed by atoms with E-state index in [9.17, 15) is 36.0 Å². The van der Waals surface area contributed by atoms with Crippen molar-refractivity contribution in [2.45, 2.75) is 56.7 Å². The molecule has 2 bridgehead atoms. The Hall–Kier alpha value is -3.29. The van der Waals surface area contributed by atoms with Crippen LogP contribution >= 0.6 is 0 Å². The van der Waals surface area contributed by atoms with Crippen LogP contribution in [0.15, 0.2) is 36.4 Å². The molecule has 3 heterocycles. The lowest BCUT2D eigenvalue weighted by Gasteiger charge is -2.40. The molecule has 0 aromatic heterocycles. The first-order valence-electron chi connectivity index (χ1n) is 13.6. The van der Waals surface area contributed by atoms with E-state index in [2.05, 4.69) is 5.32 Å². The monoisotopic (exact) mass is 592 g/mol. The molecular formula is C28H31F3N4O5S. The number of hydrogen-bond acceptors (Lipinski definition) is 6. The van der Waals surface area contributed by atoms with Gasteiger partial charge >= 0.3 is 0 Å². The van der Waals surface area contributed by atoms with E-state index in [1.54, 1.807) is 24.3 Å². The van der Waals surface area contributed by atoms with Gasteiger partial charge in [-0.05, 0) is 61.8 Å². The first-order valence-corrected chi connectivity index (χ1v) is 15.2. The molecular weight excluding hydrogens is 561 g/mol. The Kier molecular flexibility index (Phi) is 8.22. The van der Waals surface area contributed by atoms with Gasteiger partial charge in [-0.2, -0.15) is 4.31 Å². The van der Waals surface area contributed by atoms with Crippen LogP contribution in [-0.4, -0.2) is 72.3 Å². The summed E-state index contributed by atoms with van der Waals surface area (Å²) in [5.74, 6) is -5.12. The average Bonchev–Trinajstić information content (AvgIpc) is 3.35. The Bertz CT molecular complexity index is 1440. The standard InChI is InChI=1S/C28H31F3N4O5S/c29-22-15-24(31)23(30)13-16(22)14-25(32)17-11-18-5-6-19(12-17)35(18)41(39,40)10-8-33-26(36)7-9-34-27(37)20-3-1-2-4-21(20)28(34)38/h1-4,13,15,17-19,25H,5-12,14,32H2,(H,33,36)/t17?,18-,19+,25-/m1/s1. The van der Waals surface area contributed by atoms with Crippen LogP contribution in [0.2, 0.25) is 0 Å². The van der Waals surface area contributed by atoms with E-state index in [0.717, 1.165) is 11.0 Å². The number of rotatable bonds is 10. The Morgan fingerprint density at radius 1 is 0.976 bits per heavy atom. The molecule has 3 aliphatic heterocycles. The summed E-state index contributed by atoms with van der Waals surface area (Å²) in [6.45, 7) is -0.241. The molecule has 2 saturated heterocycles. The van der Waals surface area contributed by atoms with Crippen molar-refractivity contribution in [3.05, 3.63) is 70.5 Å². The molecule has 3 N–H and O–H groups in total. The number of nitrogens with two attached hydrogens (primary N) is 1. The summed E-state index contributed by atoms with van der Waals surface area (Å²) in [5.41, 5.74) is 6.90. The third-order valence-corrected chi connectivity index (χ3v) is 10.3. The van der Waals surface area contributed by atoms with Gasteiger partial charge in [0.05, 0.1) is 16.9 Å². The number of hydrogen-bond donors (Lipinski definition) is 2. The minimum absolute atomic E-state index is 0.00658. The van der Waals surface area contributed by atoms with Crippen molar-refractivity contribution in [1.82, 2.24) is 14.5 Å². The van der Waals surface area contributed by atoms with Gasteiger partial charge in [0, 0.05) is 43.7 Å².